The van der Waals surface area contributed by atoms with E-state index in [2.05, 4.69) is 22.1 Å². The van der Waals surface area contributed by atoms with Crippen LogP contribution in [0.5, 0.6) is 0 Å². The van der Waals surface area contributed by atoms with Crippen LogP contribution in [0.25, 0.3) is 45.1 Å². The van der Waals surface area contributed by atoms with Crippen LogP contribution in [-0.2, 0) is 24.9 Å². The molecule has 0 saturated heterocycles. The first kappa shape index (κ1) is 28.3. The van der Waals surface area contributed by atoms with Crippen molar-refractivity contribution in [1.29, 1.82) is 0 Å². The van der Waals surface area contributed by atoms with Crippen LogP contribution in [0, 0.1) is 12.1 Å². The van der Waals surface area contributed by atoms with Gasteiger partial charge in [0.15, 0.2) is 5.78 Å². The third-order valence-corrected chi connectivity index (χ3v) is 4.88. The van der Waals surface area contributed by atoms with E-state index < -0.39 is 0 Å². The standard InChI is InChI=1S/2C13H8NO.C5H8O2.Ir/c2*1-2-6-10(7-3-1)13-14-11-8-4-5-9-12(11)15-13;1-4(6)3-5(2)7;/h2*1-6,8-9H;3,6H,1-2H3;/q2*-1;;/b;;4-3-;. The Bertz CT molecular complexity index is 1440. The Morgan fingerprint density at radius 2 is 1.13 bits per heavy atom. The van der Waals surface area contributed by atoms with E-state index in [1.54, 1.807) is 0 Å². The van der Waals surface area contributed by atoms with Gasteiger partial charge in [0.2, 0.25) is 0 Å². The number of oxazole rings is 2. The Balaban J connectivity index is 0.000000167. The second-order valence-electron chi connectivity index (χ2n) is 7.92. The molecular weight excluding hydrogens is 657 g/mol. The zero-order valence-corrected chi connectivity index (χ0v) is 23.1. The van der Waals surface area contributed by atoms with Crippen molar-refractivity contribution in [3.63, 3.8) is 0 Å². The average molecular weight is 681 g/mol. The van der Waals surface area contributed by atoms with Gasteiger partial charge in [0, 0.05) is 26.2 Å². The van der Waals surface area contributed by atoms with Crippen LogP contribution in [0.4, 0.5) is 0 Å². The van der Waals surface area contributed by atoms with Gasteiger partial charge >= 0.3 is 0 Å². The maximum absolute atomic E-state index is 10.0. The molecule has 1 N–H and O–H groups in total. The summed E-state index contributed by atoms with van der Waals surface area (Å²) >= 11 is 0. The van der Waals surface area contributed by atoms with Crippen molar-refractivity contribution < 1.29 is 38.8 Å². The number of aliphatic hydroxyl groups excluding tert-OH is 1. The summed E-state index contributed by atoms with van der Waals surface area (Å²) in [5.74, 6) is 1.18. The molecule has 0 aliphatic heterocycles. The van der Waals surface area contributed by atoms with Gasteiger partial charge in [0.1, 0.15) is 22.9 Å². The first-order valence-electron chi connectivity index (χ1n) is 11.5. The number of aliphatic hydroxyl groups is 1. The predicted molar refractivity (Wildman–Crippen MR) is 144 cm³/mol. The summed E-state index contributed by atoms with van der Waals surface area (Å²) < 4.78 is 11.2. The van der Waals surface area contributed by atoms with E-state index in [1.807, 2.05) is 97.1 Å². The number of rotatable bonds is 3. The van der Waals surface area contributed by atoms with Crippen LogP contribution in [0.15, 0.2) is 118 Å². The molecule has 2 heterocycles. The molecule has 0 aliphatic rings. The molecule has 1 radical (unpaired) electrons. The van der Waals surface area contributed by atoms with Crippen LogP contribution in [0.2, 0.25) is 0 Å². The molecule has 7 heteroatoms. The number of fused-ring (bicyclic) bond motifs is 2. The minimum absolute atomic E-state index is 0. The van der Waals surface area contributed by atoms with Gasteiger partial charge in [-0.05, 0) is 38.1 Å². The van der Waals surface area contributed by atoms with Crippen molar-refractivity contribution in [2.45, 2.75) is 13.8 Å². The van der Waals surface area contributed by atoms with Gasteiger partial charge in [0.25, 0.3) is 0 Å². The Hall–Kier alpha value is -4.32. The number of carbonyl (C=O) groups is 1. The van der Waals surface area contributed by atoms with Crippen molar-refractivity contribution in [3.8, 4) is 22.9 Å². The summed E-state index contributed by atoms with van der Waals surface area (Å²) in [5.41, 5.74) is 5.14. The van der Waals surface area contributed by atoms with Gasteiger partial charge in [-0.3, -0.25) is 14.8 Å². The van der Waals surface area contributed by atoms with Crippen molar-refractivity contribution in [2.24, 2.45) is 0 Å². The topological polar surface area (TPSA) is 89.4 Å². The van der Waals surface area contributed by atoms with E-state index in [0.717, 1.165) is 33.3 Å². The molecular formula is C31H24IrN2O4-2. The number of benzene rings is 4. The monoisotopic (exact) mass is 681 g/mol. The number of nitrogens with zero attached hydrogens (tertiary/aromatic N) is 2. The molecule has 2 aromatic heterocycles. The van der Waals surface area contributed by atoms with Crippen LogP contribution in [0.3, 0.4) is 0 Å². The quantitative estimate of drug-likeness (QED) is 0.118. The zero-order valence-electron chi connectivity index (χ0n) is 20.7. The summed E-state index contributed by atoms with van der Waals surface area (Å²) in [7, 11) is 0. The number of aromatic nitrogens is 2. The van der Waals surface area contributed by atoms with E-state index in [-0.39, 0.29) is 31.6 Å². The summed E-state index contributed by atoms with van der Waals surface area (Å²) in [6, 6.07) is 37.0. The van der Waals surface area contributed by atoms with Gasteiger partial charge in [-0.15, -0.1) is 60.7 Å². The van der Waals surface area contributed by atoms with E-state index in [0.29, 0.717) is 11.8 Å². The molecule has 193 valence electrons. The fraction of sp³-hybridized carbons (Fsp3) is 0.0645. The van der Waals surface area contributed by atoms with Crippen LogP contribution in [-0.4, -0.2) is 20.9 Å². The second kappa shape index (κ2) is 13.8. The van der Waals surface area contributed by atoms with Crippen LogP contribution < -0.4 is 0 Å². The number of ketones is 1. The fourth-order valence-corrected chi connectivity index (χ4v) is 3.32. The number of carbonyl (C=O) groups excluding carboxylic acids is 1. The Kier molecular flexibility index (Phi) is 10.3. The molecule has 6 rings (SSSR count). The molecule has 6 aromatic rings. The Labute approximate surface area is 234 Å². The third kappa shape index (κ3) is 7.84. The first-order valence-corrected chi connectivity index (χ1v) is 11.5. The average Bonchev–Trinajstić information content (AvgIpc) is 3.54. The zero-order chi connectivity index (χ0) is 26.0. The minimum atomic E-state index is -0.125. The molecule has 0 saturated carbocycles. The molecule has 0 aliphatic carbocycles. The second-order valence-corrected chi connectivity index (χ2v) is 7.92. The number of hydrogen-bond acceptors (Lipinski definition) is 6. The molecule has 0 spiro atoms. The maximum Gasteiger partial charge on any atom is 0.155 e. The van der Waals surface area contributed by atoms with Crippen LogP contribution >= 0.6 is 0 Å². The molecule has 6 nitrogen and oxygen atoms in total. The van der Waals surface area contributed by atoms with Gasteiger partial charge < -0.3 is 13.9 Å². The van der Waals surface area contributed by atoms with Gasteiger partial charge in [-0.1, -0.05) is 35.4 Å². The molecule has 0 amide bonds. The summed E-state index contributed by atoms with van der Waals surface area (Å²) in [6.45, 7) is 2.85. The van der Waals surface area contributed by atoms with Crippen LogP contribution in [0.1, 0.15) is 13.8 Å². The van der Waals surface area contributed by atoms with E-state index in [4.69, 9.17) is 13.9 Å². The van der Waals surface area contributed by atoms with E-state index in [9.17, 15) is 4.79 Å². The SMILES string of the molecule is CC(=O)/C=C(/C)O.[Ir].[c-]1ccccc1-c1nc2ccccc2o1.[c-]1ccccc1-c1nc2ccccc2o1. The molecule has 0 fully saturated rings. The molecule has 4 aromatic carbocycles. The first-order chi connectivity index (χ1) is 18.0. The Morgan fingerprint density at radius 1 is 0.711 bits per heavy atom. The number of para-hydroxylation sites is 4. The van der Waals surface area contributed by atoms with Crippen molar-refractivity contribution in [1.82, 2.24) is 9.97 Å². The normalized spacial score (nSPS) is 10.5. The summed E-state index contributed by atoms with van der Waals surface area (Å²) in [5, 5.41) is 8.36. The van der Waals surface area contributed by atoms with E-state index in [1.165, 1.54) is 19.9 Å². The largest absolute Gasteiger partial charge is 0.512 e. The van der Waals surface area contributed by atoms with Crippen molar-refractivity contribution >= 4 is 28.0 Å². The van der Waals surface area contributed by atoms with Crippen molar-refractivity contribution in [2.75, 3.05) is 0 Å². The predicted octanol–water partition coefficient (Wildman–Crippen LogP) is 7.62. The molecule has 38 heavy (non-hydrogen) atoms. The van der Waals surface area contributed by atoms with Crippen molar-refractivity contribution in [3.05, 3.63) is 121 Å². The van der Waals surface area contributed by atoms with Gasteiger partial charge in [-0.25, -0.2) is 0 Å². The fourth-order valence-electron chi connectivity index (χ4n) is 3.32. The molecule has 0 atom stereocenters. The third-order valence-electron chi connectivity index (χ3n) is 4.88. The molecule has 0 bridgehead atoms. The number of hydrogen-bond donors (Lipinski definition) is 1. The van der Waals surface area contributed by atoms with Gasteiger partial charge in [0.05, 0.1) is 16.8 Å². The smallest absolute Gasteiger partial charge is 0.155 e. The molecule has 0 unspecified atom stereocenters. The summed E-state index contributed by atoms with van der Waals surface area (Å²) in [6.07, 6.45) is 1.17. The Morgan fingerprint density at radius 3 is 1.45 bits per heavy atom. The van der Waals surface area contributed by atoms with E-state index >= 15 is 0 Å². The number of allylic oxidation sites excluding steroid dienone is 2. The minimum Gasteiger partial charge on any atom is -0.512 e. The summed E-state index contributed by atoms with van der Waals surface area (Å²) in [4.78, 5) is 18.8. The van der Waals surface area contributed by atoms with Gasteiger partial charge in [-0.2, -0.15) is 0 Å². The maximum atomic E-state index is 10.0.